The fourth-order valence-electron chi connectivity index (χ4n) is 3.78. The molecule has 0 aliphatic carbocycles. The summed E-state index contributed by atoms with van der Waals surface area (Å²) >= 11 is 0. The maximum absolute atomic E-state index is 12.6. The molecule has 1 N–H and O–H groups in total. The van der Waals surface area contributed by atoms with Gasteiger partial charge in [-0.25, -0.2) is 0 Å². The molecule has 0 spiro atoms. The van der Waals surface area contributed by atoms with E-state index in [1.54, 1.807) is 19.3 Å². The van der Waals surface area contributed by atoms with Crippen molar-refractivity contribution in [2.75, 3.05) is 0 Å². The lowest BCUT2D eigenvalue weighted by molar-refractivity contribution is -0.138. The summed E-state index contributed by atoms with van der Waals surface area (Å²) in [7, 11) is 0. The highest BCUT2D eigenvalue weighted by atomic mass is 16.4. The van der Waals surface area contributed by atoms with E-state index in [9.17, 15) is 9.59 Å². The van der Waals surface area contributed by atoms with E-state index in [0.29, 0.717) is 11.3 Å². The average molecular weight is 277 g/mol. The summed E-state index contributed by atoms with van der Waals surface area (Å²) in [5.41, 5.74) is 0.638. The molecule has 0 saturated carbocycles. The molecule has 3 rings (SSSR count). The van der Waals surface area contributed by atoms with Gasteiger partial charge in [-0.3, -0.25) is 9.59 Å². The summed E-state index contributed by atoms with van der Waals surface area (Å²) < 4.78 is 5.22. The van der Waals surface area contributed by atoms with Crippen LogP contribution in [0.4, 0.5) is 0 Å². The minimum Gasteiger partial charge on any atom is -0.481 e. The van der Waals surface area contributed by atoms with Crippen LogP contribution < -0.4 is 0 Å². The molecular weight excluding hydrogens is 258 g/mol. The minimum absolute atomic E-state index is 0.0394. The van der Waals surface area contributed by atoms with Crippen LogP contribution in [0.1, 0.15) is 48.2 Å². The van der Waals surface area contributed by atoms with Gasteiger partial charge in [0.05, 0.1) is 11.8 Å². The first kappa shape index (κ1) is 13.2. The Bertz CT molecular complexity index is 522. The summed E-state index contributed by atoms with van der Waals surface area (Å²) in [6.07, 6.45) is 5.37. The number of carboxylic acids is 1. The highest BCUT2D eigenvalue weighted by Gasteiger charge is 2.44. The van der Waals surface area contributed by atoms with Crippen LogP contribution >= 0.6 is 0 Å². The maximum Gasteiger partial charge on any atom is 0.303 e. The van der Waals surface area contributed by atoms with Crippen LogP contribution in [0.2, 0.25) is 0 Å². The number of carboxylic acid groups (broad SMARTS) is 1. The molecule has 5 nitrogen and oxygen atoms in total. The monoisotopic (exact) mass is 277 g/mol. The number of amides is 1. The number of aliphatic carboxylic acids is 1. The Morgan fingerprint density at radius 2 is 2.00 bits per heavy atom. The summed E-state index contributed by atoms with van der Waals surface area (Å²) in [4.78, 5) is 25.4. The van der Waals surface area contributed by atoms with Crippen LogP contribution in [0, 0.1) is 12.8 Å². The first-order valence-corrected chi connectivity index (χ1v) is 7.14. The average Bonchev–Trinajstić information content (AvgIpc) is 2.90. The van der Waals surface area contributed by atoms with E-state index in [0.717, 1.165) is 25.7 Å². The van der Waals surface area contributed by atoms with Crippen LogP contribution in [0.15, 0.2) is 16.7 Å². The van der Waals surface area contributed by atoms with Gasteiger partial charge in [0, 0.05) is 18.5 Å². The van der Waals surface area contributed by atoms with Crippen molar-refractivity contribution >= 4 is 11.9 Å². The Balaban J connectivity index is 1.76. The molecule has 3 heterocycles. The standard InChI is InChI=1S/C15H19NO4/c1-9-13(4-5-20-9)15(19)16-11-2-3-12(16)7-10(6-11)8-14(17)18/h4-5,10-12H,2-3,6-8H2,1H3,(H,17,18). The number of carbonyl (C=O) groups excluding carboxylic acids is 1. The van der Waals surface area contributed by atoms with Gasteiger partial charge < -0.3 is 14.4 Å². The predicted molar refractivity (Wildman–Crippen MR) is 71.4 cm³/mol. The van der Waals surface area contributed by atoms with Gasteiger partial charge in [0.2, 0.25) is 0 Å². The van der Waals surface area contributed by atoms with Crippen molar-refractivity contribution in [2.45, 2.75) is 51.1 Å². The largest absolute Gasteiger partial charge is 0.481 e. The van der Waals surface area contributed by atoms with E-state index in [-0.39, 0.29) is 30.3 Å². The Hall–Kier alpha value is -1.78. The van der Waals surface area contributed by atoms with Gasteiger partial charge in [0.25, 0.3) is 5.91 Å². The molecule has 0 radical (unpaired) electrons. The summed E-state index contributed by atoms with van der Waals surface area (Å²) in [6, 6.07) is 2.11. The second-order valence-electron chi connectivity index (χ2n) is 5.92. The van der Waals surface area contributed by atoms with Gasteiger partial charge >= 0.3 is 5.97 Å². The number of fused-ring (bicyclic) bond motifs is 2. The molecule has 1 amide bonds. The van der Waals surface area contributed by atoms with Crippen LogP contribution in [0.25, 0.3) is 0 Å². The van der Waals surface area contributed by atoms with Crippen molar-refractivity contribution in [3.8, 4) is 0 Å². The number of carbonyl (C=O) groups is 2. The van der Waals surface area contributed by atoms with Crippen molar-refractivity contribution in [2.24, 2.45) is 5.92 Å². The van der Waals surface area contributed by atoms with Crippen LogP contribution in [0.3, 0.4) is 0 Å². The molecule has 1 aromatic heterocycles. The third-order valence-electron chi connectivity index (χ3n) is 4.62. The molecule has 1 aromatic rings. The molecule has 2 aliphatic rings. The molecule has 2 unspecified atom stereocenters. The quantitative estimate of drug-likeness (QED) is 0.921. The van der Waals surface area contributed by atoms with Crippen molar-refractivity contribution in [3.63, 3.8) is 0 Å². The summed E-state index contributed by atoms with van der Waals surface area (Å²) in [5, 5.41) is 8.93. The number of furan rings is 1. The lowest BCUT2D eigenvalue weighted by atomic mass is 9.88. The topological polar surface area (TPSA) is 70.8 Å². The summed E-state index contributed by atoms with van der Waals surface area (Å²) in [5.74, 6) is 0.166. The smallest absolute Gasteiger partial charge is 0.303 e. The van der Waals surface area contributed by atoms with E-state index in [1.165, 1.54) is 0 Å². The maximum atomic E-state index is 12.6. The van der Waals surface area contributed by atoms with Crippen LogP contribution in [0.5, 0.6) is 0 Å². The zero-order valence-electron chi connectivity index (χ0n) is 11.5. The molecule has 2 saturated heterocycles. The Morgan fingerprint density at radius 1 is 1.35 bits per heavy atom. The van der Waals surface area contributed by atoms with E-state index >= 15 is 0 Å². The summed E-state index contributed by atoms with van der Waals surface area (Å²) in [6.45, 7) is 1.80. The van der Waals surface area contributed by atoms with Crippen molar-refractivity contribution in [1.29, 1.82) is 0 Å². The van der Waals surface area contributed by atoms with Gasteiger partial charge in [-0.15, -0.1) is 0 Å². The van der Waals surface area contributed by atoms with Gasteiger partial charge in [0.1, 0.15) is 5.76 Å². The number of aryl methyl sites for hydroxylation is 1. The van der Waals surface area contributed by atoms with E-state index in [1.807, 2.05) is 4.90 Å². The molecule has 5 heteroatoms. The van der Waals surface area contributed by atoms with Crippen LogP contribution in [-0.4, -0.2) is 34.0 Å². The lowest BCUT2D eigenvalue weighted by Gasteiger charge is -2.38. The lowest BCUT2D eigenvalue weighted by Crippen LogP contribution is -2.46. The van der Waals surface area contributed by atoms with Gasteiger partial charge in [-0.2, -0.15) is 0 Å². The number of hydrogen-bond donors (Lipinski definition) is 1. The molecule has 108 valence electrons. The Labute approximate surface area is 117 Å². The van der Waals surface area contributed by atoms with Crippen LogP contribution in [-0.2, 0) is 4.79 Å². The first-order chi connectivity index (χ1) is 9.56. The Kier molecular flexibility index (Phi) is 3.28. The second-order valence-corrected chi connectivity index (χ2v) is 5.92. The number of rotatable bonds is 3. The predicted octanol–water partition coefficient (Wildman–Crippen LogP) is 2.45. The number of nitrogens with zero attached hydrogens (tertiary/aromatic N) is 1. The zero-order chi connectivity index (χ0) is 14.3. The van der Waals surface area contributed by atoms with E-state index in [4.69, 9.17) is 9.52 Å². The minimum atomic E-state index is -0.736. The normalized spacial score (nSPS) is 28.6. The van der Waals surface area contributed by atoms with Crippen molar-refractivity contribution < 1.29 is 19.1 Å². The Morgan fingerprint density at radius 3 is 2.50 bits per heavy atom. The number of hydrogen-bond acceptors (Lipinski definition) is 3. The van der Waals surface area contributed by atoms with E-state index < -0.39 is 5.97 Å². The molecule has 20 heavy (non-hydrogen) atoms. The van der Waals surface area contributed by atoms with E-state index in [2.05, 4.69) is 0 Å². The zero-order valence-corrected chi connectivity index (χ0v) is 11.5. The fraction of sp³-hybridized carbons (Fsp3) is 0.600. The van der Waals surface area contributed by atoms with Gasteiger partial charge in [-0.05, 0) is 44.6 Å². The number of piperidine rings is 1. The molecule has 2 bridgehead atoms. The third kappa shape index (κ3) is 2.21. The highest BCUT2D eigenvalue weighted by Crippen LogP contribution is 2.40. The fourth-order valence-corrected chi connectivity index (χ4v) is 3.78. The SMILES string of the molecule is Cc1occc1C(=O)N1C2CCC1CC(CC(=O)O)C2. The molecule has 2 atom stereocenters. The van der Waals surface area contributed by atoms with Gasteiger partial charge in [0.15, 0.2) is 0 Å². The van der Waals surface area contributed by atoms with Gasteiger partial charge in [-0.1, -0.05) is 0 Å². The molecular formula is C15H19NO4. The molecule has 0 aromatic carbocycles. The van der Waals surface area contributed by atoms with Crippen molar-refractivity contribution in [1.82, 2.24) is 4.90 Å². The first-order valence-electron chi connectivity index (χ1n) is 7.14. The molecule has 2 aliphatic heterocycles. The third-order valence-corrected chi connectivity index (χ3v) is 4.62. The molecule has 2 fully saturated rings. The highest BCUT2D eigenvalue weighted by molar-refractivity contribution is 5.95. The second kappa shape index (κ2) is 4.96. The van der Waals surface area contributed by atoms with Crippen molar-refractivity contribution in [3.05, 3.63) is 23.7 Å².